The van der Waals surface area contributed by atoms with Crippen molar-refractivity contribution >= 4 is 17.7 Å². The number of nitrogens with zero attached hydrogens (tertiary/aromatic N) is 3. The van der Waals surface area contributed by atoms with Crippen molar-refractivity contribution in [2.75, 3.05) is 0 Å². The molecule has 25 heavy (non-hydrogen) atoms. The van der Waals surface area contributed by atoms with Gasteiger partial charge in [-0.2, -0.15) is 0 Å². The van der Waals surface area contributed by atoms with Crippen molar-refractivity contribution in [3.63, 3.8) is 0 Å². The quantitative estimate of drug-likeness (QED) is 0.451. The van der Waals surface area contributed by atoms with E-state index in [1.165, 1.54) is 0 Å². The van der Waals surface area contributed by atoms with Gasteiger partial charge in [-0.1, -0.05) is 41.5 Å². The van der Waals surface area contributed by atoms with Crippen molar-refractivity contribution in [1.82, 2.24) is 0 Å². The molecule has 5 atom stereocenters. The molecular formula is C19H23N3O3. The van der Waals surface area contributed by atoms with Crippen LogP contribution in [0.25, 0.3) is 16.5 Å². The van der Waals surface area contributed by atoms with Gasteiger partial charge in [0, 0.05) is 22.9 Å². The first-order valence-corrected chi connectivity index (χ1v) is 8.80. The van der Waals surface area contributed by atoms with Gasteiger partial charge in [0.15, 0.2) is 0 Å². The summed E-state index contributed by atoms with van der Waals surface area (Å²) in [6.45, 7) is 0. The van der Waals surface area contributed by atoms with Crippen LogP contribution in [0.15, 0.2) is 35.5 Å². The molecule has 0 saturated heterocycles. The number of rotatable bonds is 6. The maximum atomic E-state index is 10.8. The molecule has 0 bridgehead atoms. The van der Waals surface area contributed by atoms with Gasteiger partial charge in [-0.25, -0.2) is 0 Å². The fourth-order valence-corrected chi connectivity index (χ4v) is 4.53. The molecule has 0 amide bonds. The molecule has 6 heteroatoms. The highest BCUT2D eigenvalue weighted by atomic mass is 16.4. The molecule has 0 aliphatic heterocycles. The molecule has 0 aromatic heterocycles. The van der Waals surface area contributed by atoms with Gasteiger partial charge in [0.05, 0.1) is 6.10 Å². The van der Waals surface area contributed by atoms with E-state index >= 15 is 0 Å². The first-order chi connectivity index (χ1) is 12.1. The largest absolute Gasteiger partial charge is 0.481 e. The first-order valence-electron chi connectivity index (χ1n) is 8.80. The molecule has 2 N–H and O–H groups in total. The standard InChI is InChI=1S/C19H23N3O3/c20-22-21-15-5-1-12(2-6-15)3-7-16-17-10-13(4-8-19(24)25)9-14(17)11-18(16)23/h1-3,5-7,13-14,16-18,23H,4,8-11H2,(H,24,25)/b7-3+/t13?,14-,16+,17-,18+/m0/s1. The minimum atomic E-state index is -0.724. The number of hydrogen-bond donors (Lipinski definition) is 2. The van der Waals surface area contributed by atoms with Gasteiger partial charge in [-0.15, -0.1) is 0 Å². The Bertz CT molecular complexity index is 694. The van der Waals surface area contributed by atoms with Crippen LogP contribution in [-0.2, 0) is 4.79 Å². The number of carbonyl (C=O) groups is 1. The molecule has 3 rings (SSSR count). The molecule has 0 radical (unpaired) electrons. The summed E-state index contributed by atoms with van der Waals surface area (Å²) in [4.78, 5) is 13.5. The van der Waals surface area contributed by atoms with Gasteiger partial charge < -0.3 is 10.2 Å². The molecule has 1 aromatic rings. The van der Waals surface area contributed by atoms with Crippen molar-refractivity contribution in [2.45, 2.75) is 38.2 Å². The van der Waals surface area contributed by atoms with Crippen LogP contribution in [0.2, 0.25) is 0 Å². The molecule has 1 aromatic carbocycles. The highest BCUT2D eigenvalue weighted by molar-refractivity contribution is 5.66. The minimum absolute atomic E-state index is 0.136. The predicted octanol–water partition coefficient (Wildman–Crippen LogP) is 4.53. The number of aliphatic hydroxyl groups excluding tert-OH is 1. The van der Waals surface area contributed by atoms with E-state index < -0.39 is 5.97 Å². The van der Waals surface area contributed by atoms with Gasteiger partial charge in [-0.05, 0) is 54.5 Å². The van der Waals surface area contributed by atoms with Crippen LogP contribution < -0.4 is 0 Å². The maximum Gasteiger partial charge on any atom is 0.303 e. The van der Waals surface area contributed by atoms with Crippen molar-refractivity contribution in [1.29, 1.82) is 0 Å². The predicted molar refractivity (Wildman–Crippen MR) is 95.0 cm³/mol. The summed E-state index contributed by atoms with van der Waals surface area (Å²) in [5.74, 6) is 0.843. The third-order valence-corrected chi connectivity index (χ3v) is 5.66. The second-order valence-corrected chi connectivity index (χ2v) is 7.21. The number of carboxylic acids is 1. The average molecular weight is 341 g/mol. The smallest absolute Gasteiger partial charge is 0.303 e. The normalized spacial score (nSPS) is 31.0. The molecule has 0 spiro atoms. The molecule has 6 nitrogen and oxygen atoms in total. The summed E-state index contributed by atoms with van der Waals surface area (Å²) < 4.78 is 0. The lowest BCUT2D eigenvalue weighted by Crippen LogP contribution is -2.17. The van der Waals surface area contributed by atoms with E-state index in [0.717, 1.165) is 31.2 Å². The van der Waals surface area contributed by atoms with E-state index in [0.29, 0.717) is 23.4 Å². The van der Waals surface area contributed by atoms with Gasteiger partial charge >= 0.3 is 5.97 Å². The Morgan fingerprint density at radius 2 is 2.04 bits per heavy atom. The third kappa shape index (κ3) is 4.21. The molecule has 132 valence electrons. The second-order valence-electron chi connectivity index (χ2n) is 7.21. The highest BCUT2D eigenvalue weighted by Crippen LogP contribution is 2.51. The van der Waals surface area contributed by atoms with Crippen molar-refractivity contribution in [2.24, 2.45) is 28.8 Å². The average Bonchev–Trinajstić information content (AvgIpc) is 3.09. The molecule has 2 fully saturated rings. The molecular weight excluding hydrogens is 318 g/mol. The van der Waals surface area contributed by atoms with E-state index in [9.17, 15) is 9.90 Å². The van der Waals surface area contributed by atoms with Crippen molar-refractivity contribution in [3.05, 3.63) is 46.3 Å². The van der Waals surface area contributed by atoms with E-state index in [4.69, 9.17) is 10.6 Å². The molecule has 2 saturated carbocycles. The Kier molecular flexibility index (Phi) is 5.41. The summed E-state index contributed by atoms with van der Waals surface area (Å²) in [7, 11) is 0. The number of benzene rings is 1. The summed E-state index contributed by atoms with van der Waals surface area (Å²) in [5, 5.41) is 22.8. The number of fused-ring (bicyclic) bond motifs is 1. The van der Waals surface area contributed by atoms with Gasteiger partial charge in [0.2, 0.25) is 0 Å². The van der Waals surface area contributed by atoms with Crippen LogP contribution in [-0.4, -0.2) is 22.3 Å². The topological polar surface area (TPSA) is 106 Å². The second kappa shape index (κ2) is 7.72. The number of carboxylic acid groups (broad SMARTS) is 1. The maximum absolute atomic E-state index is 10.8. The number of hydrogen-bond acceptors (Lipinski definition) is 3. The summed E-state index contributed by atoms with van der Waals surface area (Å²) in [6.07, 6.45) is 7.66. The van der Waals surface area contributed by atoms with Gasteiger partial charge in [0.1, 0.15) is 0 Å². The fourth-order valence-electron chi connectivity index (χ4n) is 4.53. The van der Waals surface area contributed by atoms with E-state index in [2.05, 4.69) is 16.1 Å². The monoisotopic (exact) mass is 341 g/mol. The lowest BCUT2D eigenvalue weighted by Gasteiger charge is -2.18. The zero-order chi connectivity index (χ0) is 17.8. The van der Waals surface area contributed by atoms with Crippen LogP contribution in [0.5, 0.6) is 0 Å². The lowest BCUT2D eigenvalue weighted by atomic mass is 9.89. The van der Waals surface area contributed by atoms with Crippen molar-refractivity contribution < 1.29 is 15.0 Å². The Morgan fingerprint density at radius 3 is 2.72 bits per heavy atom. The minimum Gasteiger partial charge on any atom is -0.481 e. The Balaban J connectivity index is 1.63. The Hall–Kier alpha value is -2.30. The fraction of sp³-hybridized carbons (Fsp3) is 0.526. The number of azide groups is 1. The molecule has 1 unspecified atom stereocenters. The molecule has 2 aliphatic carbocycles. The SMILES string of the molecule is [N-]=[N+]=Nc1ccc(/C=C/[C@@H]2[C@H]3CC(CCC(=O)O)C[C@H]3C[C@H]2O)cc1. The van der Waals surface area contributed by atoms with E-state index in [1.807, 2.05) is 18.2 Å². The van der Waals surface area contributed by atoms with Crippen LogP contribution in [0.1, 0.15) is 37.7 Å². The van der Waals surface area contributed by atoms with Gasteiger partial charge in [-0.3, -0.25) is 4.79 Å². The van der Waals surface area contributed by atoms with E-state index in [1.54, 1.807) is 12.1 Å². The number of aliphatic hydroxyl groups is 1. The highest BCUT2D eigenvalue weighted by Gasteiger charge is 2.46. The number of aliphatic carboxylic acids is 1. The van der Waals surface area contributed by atoms with Crippen LogP contribution in [0.3, 0.4) is 0 Å². The third-order valence-electron chi connectivity index (χ3n) is 5.66. The van der Waals surface area contributed by atoms with Crippen molar-refractivity contribution in [3.8, 4) is 0 Å². The molecule has 2 aliphatic rings. The summed E-state index contributed by atoms with van der Waals surface area (Å²) in [6, 6.07) is 7.32. The summed E-state index contributed by atoms with van der Waals surface area (Å²) >= 11 is 0. The zero-order valence-corrected chi connectivity index (χ0v) is 14.0. The summed E-state index contributed by atoms with van der Waals surface area (Å²) in [5.41, 5.74) is 10.0. The molecule has 0 heterocycles. The zero-order valence-electron chi connectivity index (χ0n) is 14.0. The first kappa shape index (κ1) is 17.5. The van der Waals surface area contributed by atoms with Crippen LogP contribution in [0, 0.1) is 23.7 Å². The Labute approximate surface area is 146 Å². The lowest BCUT2D eigenvalue weighted by molar-refractivity contribution is -0.137. The Morgan fingerprint density at radius 1 is 1.28 bits per heavy atom. The van der Waals surface area contributed by atoms with Crippen LogP contribution >= 0.6 is 0 Å². The van der Waals surface area contributed by atoms with E-state index in [-0.39, 0.29) is 18.4 Å². The van der Waals surface area contributed by atoms with Crippen LogP contribution in [0.4, 0.5) is 5.69 Å². The van der Waals surface area contributed by atoms with Gasteiger partial charge in [0.25, 0.3) is 0 Å².